The summed E-state index contributed by atoms with van der Waals surface area (Å²) in [5.74, 6) is -0.206. The van der Waals surface area contributed by atoms with Crippen molar-refractivity contribution < 1.29 is 9.53 Å². The van der Waals surface area contributed by atoms with E-state index in [1.165, 1.54) is 0 Å². The summed E-state index contributed by atoms with van der Waals surface area (Å²) in [5.41, 5.74) is 0.721. The van der Waals surface area contributed by atoms with Crippen LogP contribution in [0.2, 0.25) is 0 Å². The van der Waals surface area contributed by atoms with Gasteiger partial charge in [0.1, 0.15) is 0 Å². The van der Waals surface area contributed by atoms with Gasteiger partial charge >= 0.3 is 5.97 Å². The largest absolute Gasteiger partial charge is 0.463 e. The van der Waals surface area contributed by atoms with E-state index >= 15 is 0 Å². The van der Waals surface area contributed by atoms with Crippen molar-refractivity contribution in [2.45, 2.75) is 26.7 Å². The van der Waals surface area contributed by atoms with E-state index in [0.29, 0.717) is 11.9 Å². The SMILES string of the molecule is CCCC=C(CBr)C(=O)OCC. The number of hydrogen-bond donors (Lipinski definition) is 0. The van der Waals surface area contributed by atoms with E-state index < -0.39 is 0 Å². The van der Waals surface area contributed by atoms with Crippen molar-refractivity contribution in [3.63, 3.8) is 0 Å². The first-order valence-corrected chi connectivity index (χ1v) is 5.30. The van der Waals surface area contributed by atoms with Gasteiger partial charge in [0.15, 0.2) is 0 Å². The Hall–Kier alpha value is -0.310. The molecule has 2 nitrogen and oxygen atoms in total. The molecule has 0 rings (SSSR count). The van der Waals surface area contributed by atoms with Gasteiger partial charge in [-0.25, -0.2) is 4.79 Å². The van der Waals surface area contributed by atoms with Gasteiger partial charge in [-0.15, -0.1) is 0 Å². The van der Waals surface area contributed by atoms with Gasteiger partial charge in [-0.2, -0.15) is 0 Å². The van der Waals surface area contributed by atoms with Crippen LogP contribution in [-0.2, 0) is 9.53 Å². The summed E-state index contributed by atoms with van der Waals surface area (Å²) in [5, 5.41) is 0.575. The van der Waals surface area contributed by atoms with Gasteiger partial charge in [0, 0.05) is 10.9 Å². The Bertz CT molecular complexity index is 164. The molecule has 0 aromatic rings. The van der Waals surface area contributed by atoms with E-state index in [2.05, 4.69) is 22.9 Å². The predicted molar refractivity (Wildman–Crippen MR) is 53.4 cm³/mol. The van der Waals surface area contributed by atoms with Crippen LogP contribution in [0, 0.1) is 0 Å². The summed E-state index contributed by atoms with van der Waals surface area (Å²) in [6.45, 7) is 4.33. The summed E-state index contributed by atoms with van der Waals surface area (Å²) in [6, 6.07) is 0. The normalized spacial score (nSPS) is 11.4. The molecule has 0 fully saturated rings. The van der Waals surface area contributed by atoms with E-state index in [-0.39, 0.29) is 5.97 Å². The van der Waals surface area contributed by atoms with E-state index in [0.717, 1.165) is 18.4 Å². The fourth-order valence-corrected chi connectivity index (χ4v) is 1.19. The van der Waals surface area contributed by atoms with Crippen molar-refractivity contribution in [1.82, 2.24) is 0 Å². The summed E-state index contributed by atoms with van der Waals surface area (Å²) in [7, 11) is 0. The zero-order chi connectivity index (χ0) is 9.40. The van der Waals surface area contributed by atoms with Crippen molar-refractivity contribution in [3.8, 4) is 0 Å². The minimum Gasteiger partial charge on any atom is -0.463 e. The zero-order valence-electron chi connectivity index (χ0n) is 7.60. The minimum absolute atomic E-state index is 0.206. The van der Waals surface area contributed by atoms with Crippen molar-refractivity contribution in [3.05, 3.63) is 11.6 Å². The highest BCUT2D eigenvalue weighted by Gasteiger charge is 2.07. The van der Waals surface area contributed by atoms with Gasteiger partial charge in [0.05, 0.1) is 6.61 Å². The molecule has 0 atom stereocenters. The Labute approximate surface area is 82.1 Å². The summed E-state index contributed by atoms with van der Waals surface area (Å²) in [4.78, 5) is 11.2. The molecule has 0 aromatic carbocycles. The lowest BCUT2D eigenvalue weighted by atomic mass is 10.2. The van der Waals surface area contributed by atoms with Crippen LogP contribution in [0.5, 0.6) is 0 Å². The number of ether oxygens (including phenoxy) is 1. The van der Waals surface area contributed by atoms with Crippen LogP contribution >= 0.6 is 15.9 Å². The number of carbonyl (C=O) groups excluding carboxylic acids is 1. The standard InChI is InChI=1S/C9H15BrO2/c1-3-5-6-8(7-10)9(11)12-4-2/h6H,3-5,7H2,1-2H3. The molecule has 0 heterocycles. The Kier molecular flexibility index (Phi) is 7.16. The molecule has 0 N–H and O–H groups in total. The Morgan fingerprint density at radius 2 is 2.17 bits per heavy atom. The lowest BCUT2D eigenvalue weighted by Crippen LogP contribution is -2.08. The second kappa shape index (κ2) is 7.35. The highest BCUT2D eigenvalue weighted by molar-refractivity contribution is 9.09. The van der Waals surface area contributed by atoms with Gasteiger partial charge in [0.25, 0.3) is 0 Å². The monoisotopic (exact) mass is 234 g/mol. The van der Waals surface area contributed by atoms with E-state index in [9.17, 15) is 4.79 Å². The van der Waals surface area contributed by atoms with Gasteiger partial charge in [0.2, 0.25) is 0 Å². The molecule has 0 saturated carbocycles. The van der Waals surface area contributed by atoms with Crippen molar-refractivity contribution in [1.29, 1.82) is 0 Å². The Balaban J connectivity index is 4.04. The zero-order valence-corrected chi connectivity index (χ0v) is 9.19. The number of unbranched alkanes of at least 4 members (excludes halogenated alkanes) is 1. The molecule has 3 heteroatoms. The molecule has 0 aliphatic heterocycles. The lowest BCUT2D eigenvalue weighted by Gasteiger charge is -2.02. The number of carbonyl (C=O) groups is 1. The second-order valence-corrected chi connectivity index (χ2v) is 2.93. The van der Waals surface area contributed by atoms with E-state index in [4.69, 9.17) is 4.74 Å². The topological polar surface area (TPSA) is 26.3 Å². The van der Waals surface area contributed by atoms with Crippen LogP contribution in [-0.4, -0.2) is 17.9 Å². The maximum Gasteiger partial charge on any atom is 0.334 e. The summed E-state index contributed by atoms with van der Waals surface area (Å²) in [6.07, 6.45) is 3.91. The van der Waals surface area contributed by atoms with Crippen molar-refractivity contribution >= 4 is 21.9 Å². The van der Waals surface area contributed by atoms with Crippen LogP contribution in [0.4, 0.5) is 0 Å². The first-order chi connectivity index (χ1) is 5.76. The molecule has 0 aliphatic rings. The molecule has 0 bridgehead atoms. The van der Waals surface area contributed by atoms with Gasteiger partial charge in [-0.05, 0) is 13.3 Å². The predicted octanol–water partition coefficient (Wildman–Crippen LogP) is 2.67. The third-order valence-corrected chi connectivity index (χ3v) is 1.97. The highest BCUT2D eigenvalue weighted by atomic mass is 79.9. The number of halogens is 1. The molecule has 0 radical (unpaired) electrons. The highest BCUT2D eigenvalue weighted by Crippen LogP contribution is 2.05. The van der Waals surface area contributed by atoms with Crippen molar-refractivity contribution in [2.24, 2.45) is 0 Å². The van der Waals surface area contributed by atoms with Crippen LogP contribution < -0.4 is 0 Å². The van der Waals surface area contributed by atoms with E-state index in [1.54, 1.807) is 0 Å². The van der Waals surface area contributed by atoms with Gasteiger partial charge in [-0.3, -0.25) is 0 Å². The number of allylic oxidation sites excluding steroid dienone is 1. The number of alkyl halides is 1. The molecule has 0 unspecified atom stereocenters. The number of hydrogen-bond acceptors (Lipinski definition) is 2. The molecule has 70 valence electrons. The smallest absolute Gasteiger partial charge is 0.334 e. The molecular weight excluding hydrogens is 220 g/mol. The Morgan fingerprint density at radius 3 is 2.58 bits per heavy atom. The van der Waals surface area contributed by atoms with E-state index in [1.807, 2.05) is 13.0 Å². The molecule has 0 spiro atoms. The molecule has 0 aliphatic carbocycles. The molecule has 0 amide bonds. The quantitative estimate of drug-likeness (QED) is 0.416. The number of esters is 1. The third-order valence-electron chi connectivity index (χ3n) is 1.36. The van der Waals surface area contributed by atoms with Crippen molar-refractivity contribution in [2.75, 3.05) is 11.9 Å². The summed E-state index contributed by atoms with van der Waals surface area (Å²) < 4.78 is 4.85. The molecule has 0 aromatic heterocycles. The first-order valence-electron chi connectivity index (χ1n) is 4.18. The summed E-state index contributed by atoms with van der Waals surface area (Å²) >= 11 is 3.25. The molecule has 0 saturated heterocycles. The van der Waals surface area contributed by atoms with Gasteiger partial charge in [-0.1, -0.05) is 35.4 Å². The van der Waals surface area contributed by atoms with Gasteiger partial charge < -0.3 is 4.74 Å². The fourth-order valence-electron chi connectivity index (χ4n) is 0.735. The second-order valence-electron chi connectivity index (χ2n) is 2.37. The maximum atomic E-state index is 11.2. The molecular formula is C9H15BrO2. The third kappa shape index (κ3) is 4.54. The van der Waals surface area contributed by atoms with Crippen LogP contribution in [0.25, 0.3) is 0 Å². The van der Waals surface area contributed by atoms with Crippen LogP contribution in [0.15, 0.2) is 11.6 Å². The number of rotatable bonds is 5. The first kappa shape index (κ1) is 11.7. The van der Waals surface area contributed by atoms with Crippen LogP contribution in [0.3, 0.4) is 0 Å². The fraction of sp³-hybridized carbons (Fsp3) is 0.667. The molecule has 12 heavy (non-hydrogen) atoms. The average Bonchev–Trinajstić information content (AvgIpc) is 2.06. The average molecular weight is 235 g/mol. The maximum absolute atomic E-state index is 11.2. The lowest BCUT2D eigenvalue weighted by molar-refractivity contribution is -0.138. The van der Waals surface area contributed by atoms with Crippen LogP contribution in [0.1, 0.15) is 26.7 Å². The minimum atomic E-state index is -0.206. The Morgan fingerprint density at radius 1 is 1.50 bits per heavy atom.